The van der Waals surface area contributed by atoms with Crippen LogP contribution in [-0.4, -0.2) is 0 Å². The summed E-state index contributed by atoms with van der Waals surface area (Å²) in [6, 6.07) is 9.50. The summed E-state index contributed by atoms with van der Waals surface area (Å²) in [6.45, 7) is 2.26. The zero-order valence-electron chi connectivity index (χ0n) is 15.9. The van der Waals surface area contributed by atoms with Gasteiger partial charge in [-0.25, -0.2) is 4.39 Å². The van der Waals surface area contributed by atoms with Crippen molar-refractivity contribution in [1.82, 2.24) is 0 Å². The second-order valence-corrected chi connectivity index (χ2v) is 8.45. The molecule has 1 heteroatoms. The first-order valence-electron chi connectivity index (χ1n) is 10.7. The van der Waals surface area contributed by atoms with Crippen LogP contribution < -0.4 is 0 Å². The van der Waals surface area contributed by atoms with E-state index in [4.69, 9.17) is 0 Å². The fourth-order valence-corrected chi connectivity index (χ4v) is 5.17. The van der Waals surface area contributed by atoms with Crippen molar-refractivity contribution in [1.29, 1.82) is 0 Å². The molecule has 0 radical (unpaired) electrons. The third-order valence-corrected chi connectivity index (χ3v) is 6.87. The summed E-state index contributed by atoms with van der Waals surface area (Å²) in [7, 11) is 0. The van der Waals surface area contributed by atoms with Gasteiger partial charge in [0, 0.05) is 0 Å². The van der Waals surface area contributed by atoms with Gasteiger partial charge in [0.2, 0.25) is 0 Å². The van der Waals surface area contributed by atoms with Crippen LogP contribution in [0, 0.1) is 17.8 Å². The summed E-state index contributed by atoms with van der Waals surface area (Å²) in [4.78, 5) is 0. The predicted molar refractivity (Wildman–Crippen MR) is 105 cm³/mol. The van der Waals surface area contributed by atoms with Crippen LogP contribution in [0.3, 0.4) is 0 Å². The van der Waals surface area contributed by atoms with Crippen molar-refractivity contribution in [2.45, 2.75) is 83.5 Å². The van der Waals surface area contributed by atoms with E-state index in [2.05, 4.69) is 31.2 Å². The number of unbranched alkanes of at least 4 members (excludes halogenated alkanes) is 1. The van der Waals surface area contributed by atoms with E-state index >= 15 is 0 Å². The summed E-state index contributed by atoms with van der Waals surface area (Å²) >= 11 is 0. The van der Waals surface area contributed by atoms with Crippen molar-refractivity contribution in [2.24, 2.45) is 17.8 Å². The van der Waals surface area contributed by atoms with Crippen molar-refractivity contribution in [3.05, 3.63) is 47.8 Å². The highest BCUT2D eigenvalue weighted by atomic mass is 19.1. The van der Waals surface area contributed by atoms with Crippen LogP contribution in [0.5, 0.6) is 0 Å². The molecule has 2 fully saturated rings. The topological polar surface area (TPSA) is 0 Å². The molecule has 0 spiro atoms. The van der Waals surface area contributed by atoms with Gasteiger partial charge in [0.1, 0.15) is 0 Å². The van der Waals surface area contributed by atoms with E-state index in [1.807, 2.05) is 0 Å². The van der Waals surface area contributed by atoms with Crippen LogP contribution in [0.4, 0.5) is 4.39 Å². The van der Waals surface area contributed by atoms with Gasteiger partial charge in [-0.05, 0) is 99.0 Å². The number of halogens is 1. The van der Waals surface area contributed by atoms with Crippen molar-refractivity contribution < 1.29 is 4.39 Å². The third kappa shape index (κ3) is 5.19. The monoisotopic (exact) mass is 342 g/mol. The van der Waals surface area contributed by atoms with Gasteiger partial charge in [-0.3, -0.25) is 0 Å². The molecule has 2 saturated carbocycles. The third-order valence-electron chi connectivity index (χ3n) is 6.87. The Balaban J connectivity index is 1.45. The second-order valence-electron chi connectivity index (χ2n) is 8.45. The lowest BCUT2D eigenvalue weighted by Gasteiger charge is -2.37. The first-order chi connectivity index (χ1) is 12.3. The van der Waals surface area contributed by atoms with Gasteiger partial charge in [-0.15, -0.1) is 0 Å². The number of benzene rings is 1. The molecule has 138 valence electrons. The SMILES string of the molecule is CCCCc1ccc([C@H]2CC[C@H]([C@H]3CC[C@H](C=CF)CC3)CC2)cc1. The molecule has 0 bridgehead atoms. The van der Waals surface area contributed by atoms with Crippen LogP contribution in [0.2, 0.25) is 0 Å². The first kappa shape index (κ1) is 18.7. The molecule has 0 saturated heterocycles. The summed E-state index contributed by atoms with van der Waals surface area (Å²) in [5, 5.41) is 0. The summed E-state index contributed by atoms with van der Waals surface area (Å²) in [5.74, 6) is 3.11. The smallest absolute Gasteiger partial charge is 0.0829 e. The van der Waals surface area contributed by atoms with Crippen molar-refractivity contribution >= 4 is 0 Å². The summed E-state index contributed by atoms with van der Waals surface area (Å²) in [6.07, 6.45) is 16.9. The zero-order chi connectivity index (χ0) is 17.5. The Labute approximate surface area is 153 Å². The highest BCUT2D eigenvalue weighted by Gasteiger charge is 2.30. The number of hydrogen-bond acceptors (Lipinski definition) is 0. The molecule has 3 rings (SSSR count). The Kier molecular flexibility index (Phi) is 7.13. The standard InChI is InChI=1S/C24H35F/c1-2-3-4-19-5-9-21(10-6-19)23-13-15-24(16-14-23)22-11-7-20(8-12-22)17-18-25/h5-6,9-10,17-18,20,22-24H,2-4,7-8,11-16H2,1H3/t20-,22-,23-,24-. The highest BCUT2D eigenvalue weighted by Crippen LogP contribution is 2.44. The molecular weight excluding hydrogens is 307 g/mol. The summed E-state index contributed by atoms with van der Waals surface area (Å²) < 4.78 is 12.3. The van der Waals surface area contributed by atoms with Gasteiger partial charge in [-0.1, -0.05) is 43.7 Å². The molecule has 0 heterocycles. The van der Waals surface area contributed by atoms with Gasteiger partial charge in [0.25, 0.3) is 0 Å². The molecule has 0 aromatic heterocycles. The number of aryl methyl sites for hydroxylation is 1. The zero-order valence-corrected chi connectivity index (χ0v) is 15.9. The molecule has 1 aromatic carbocycles. The van der Waals surface area contributed by atoms with Gasteiger partial charge in [0.05, 0.1) is 6.33 Å². The molecule has 0 nitrogen and oxygen atoms in total. The fraction of sp³-hybridized carbons (Fsp3) is 0.667. The molecule has 0 amide bonds. The average molecular weight is 343 g/mol. The molecule has 1 aromatic rings. The maximum Gasteiger partial charge on any atom is 0.0829 e. The van der Waals surface area contributed by atoms with E-state index in [0.717, 1.165) is 24.1 Å². The first-order valence-corrected chi connectivity index (χ1v) is 10.7. The summed E-state index contributed by atoms with van der Waals surface area (Å²) in [5.41, 5.74) is 3.06. The molecule has 25 heavy (non-hydrogen) atoms. The lowest BCUT2D eigenvalue weighted by molar-refractivity contribution is 0.171. The normalized spacial score (nSPS) is 30.6. The molecule has 2 aliphatic carbocycles. The Morgan fingerprint density at radius 1 is 0.880 bits per heavy atom. The average Bonchev–Trinajstić information content (AvgIpc) is 2.68. The molecule has 0 unspecified atom stereocenters. The van der Waals surface area contributed by atoms with E-state index < -0.39 is 0 Å². The van der Waals surface area contributed by atoms with E-state index in [0.29, 0.717) is 5.92 Å². The van der Waals surface area contributed by atoms with E-state index in [1.165, 1.54) is 76.2 Å². The van der Waals surface area contributed by atoms with E-state index in [1.54, 1.807) is 11.6 Å². The lowest BCUT2D eigenvalue weighted by atomic mass is 9.68. The minimum absolute atomic E-state index is 0.504. The van der Waals surface area contributed by atoms with Gasteiger partial charge >= 0.3 is 0 Å². The van der Waals surface area contributed by atoms with Crippen LogP contribution in [-0.2, 0) is 6.42 Å². The molecule has 0 atom stereocenters. The van der Waals surface area contributed by atoms with E-state index in [9.17, 15) is 4.39 Å². The fourth-order valence-electron chi connectivity index (χ4n) is 5.17. The van der Waals surface area contributed by atoms with Gasteiger partial charge in [-0.2, -0.15) is 0 Å². The molecular formula is C24H35F. The number of rotatable bonds is 6. The minimum Gasteiger partial charge on any atom is -0.216 e. The Bertz CT molecular complexity index is 514. The number of hydrogen-bond donors (Lipinski definition) is 0. The quantitative estimate of drug-likeness (QED) is 0.499. The lowest BCUT2D eigenvalue weighted by Crippen LogP contribution is -2.25. The molecule has 2 aliphatic rings. The second kappa shape index (κ2) is 9.55. The van der Waals surface area contributed by atoms with Crippen LogP contribution in [0.15, 0.2) is 36.7 Å². The largest absolute Gasteiger partial charge is 0.216 e. The van der Waals surface area contributed by atoms with E-state index in [-0.39, 0.29) is 0 Å². The molecule has 0 aliphatic heterocycles. The van der Waals surface area contributed by atoms with Crippen LogP contribution in [0.25, 0.3) is 0 Å². The Hall–Kier alpha value is -1.11. The van der Waals surface area contributed by atoms with Crippen LogP contribution >= 0.6 is 0 Å². The maximum absolute atomic E-state index is 12.3. The van der Waals surface area contributed by atoms with Crippen molar-refractivity contribution in [3.8, 4) is 0 Å². The molecule has 0 N–H and O–H groups in total. The maximum atomic E-state index is 12.3. The van der Waals surface area contributed by atoms with Gasteiger partial charge < -0.3 is 0 Å². The van der Waals surface area contributed by atoms with Crippen LogP contribution in [0.1, 0.15) is 88.2 Å². The minimum atomic E-state index is 0.504. The predicted octanol–water partition coefficient (Wildman–Crippen LogP) is 7.59. The highest BCUT2D eigenvalue weighted by molar-refractivity contribution is 5.26. The number of allylic oxidation sites excluding steroid dienone is 1. The van der Waals surface area contributed by atoms with Crippen molar-refractivity contribution in [3.63, 3.8) is 0 Å². The van der Waals surface area contributed by atoms with Crippen molar-refractivity contribution in [2.75, 3.05) is 0 Å². The van der Waals surface area contributed by atoms with Gasteiger partial charge in [0.15, 0.2) is 0 Å². The Morgan fingerprint density at radius 2 is 1.48 bits per heavy atom. The Morgan fingerprint density at radius 3 is 2.04 bits per heavy atom.